The van der Waals surface area contributed by atoms with E-state index in [-0.39, 0.29) is 5.82 Å². The molecular formula is C18H21FN2O. The number of halogens is 1. The van der Waals surface area contributed by atoms with Crippen molar-refractivity contribution >= 4 is 5.69 Å². The molecule has 3 rings (SSSR count). The number of benzene rings is 2. The molecule has 0 amide bonds. The maximum Gasteiger partial charge on any atom is 0.150 e. The number of anilines is 1. The summed E-state index contributed by atoms with van der Waals surface area (Å²) in [6.45, 7) is 4.06. The van der Waals surface area contributed by atoms with Crippen molar-refractivity contribution in [2.75, 3.05) is 31.1 Å². The third-order valence-corrected chi connectivity index (χ3v) is 3.85. The van der Waals surface area contributed by atoms with Crippen LogP contribution < -0.4 is 15.0 Å². The van der Waals surface area contributed by atoms with Crippen LogP contribution in [0.3, 0.4) is 0 Å². The molecule has 1 heterocycles. The average Bonchev–Trinajstić information content (AvgIpc) is 2.83. The highest BCUT2D eigenvalue weighted by molar-refractivity contribution is 5.50. The standard InChI is InChI=1S/C18H21FN2O/c19-17-13-16(22-14-15-5-2-1-3-6-15)7-8-18(17)21-11-4-9-20-10-12-21/h1-3,5-8,13,20H,4,9-12,14H2. The molecule has 0 unspecified atom stereocenters. The topological polar surface area (TPSA) is 24.5 Å². The Hall–Kier alpha value is -2.07. The number of ether oxygens (including phenoxy) is 1. The molecule has 116 valence electrons. The Labute approximate surface area is 130 Å². The van der Waals surface area contributed by atoms with E-state index in [9.17, 15) is 4.39 Å². The van der Waals surface area contributed by atoms with E-state index in [1.807, 2.05) is 42.5 Å². The quantitative estimate of drug-likeness (QED) is 0.938. The second-order valence-corrected chi connectivity index (χ2v) is 5.48. The van der Waals surface area contributed by atoms with Crippen LogP contribution in [0.15, 0.2) is 48.5 Å². The van der Waals surface area contributed by atoms with Crippen LogP contribution in [0.25, 0.3) is 0 Å². The Bertz CT molecular complexity index is 595. The lowest BCUT2D eigenvalue weighted by Crippen LogP contribution is -2.28. The van der Waals surface area contributed by atoms with Crippen LogP contribution in [0.1, 0.15) is 12.0 Å². The van der Waals surface area contributed by atoms with Crippen LogP contribution in [0.4, 0.5) is 10.1 Å². The Morgan fingerprint density at radius 1 is 1.05 bits per heavy atom. The summed E-state index contributed by atoms with van der Waals surface area (Å²) < 4.78 is 20.0. The molecule has 2 aromatic carbocycles. The third kappa shape index (κ3) is 3.77. The van der Waals surface area contributed by atoms with Gasteiger partial charge >= 0.3 is 0 Å². The van der Waals surface area contributed by atoms with Crippen LogP contribution in [-0.4, -0.2) is 26.2 Å². The highest BCUT2D eigenvalue weighted by Crippen LogP contribution is 2.25. The molecule has 3 nitrogen and oxygen atoms in total. The minimum Gasteiger partial charge on any atom is -0.489 e. The molecule has 2 aromatic rings. The van der Waals surface area contributed by atoms with Gasteiger partial charge in [0.1, 0.15) is 18.2 Å². The molecule has 0 aromatic heterocycles. The number of hydrogen-bond donors (Lipinski definition) is 1. The van der Waals surface area contributed by atoms with Crippen LogP contribution in [-0.2, 0) is 6.61 Å². The van der Waals surface area contributed by atoms with Gasteiger partial charge < -0.3 is 15.0 Å². The van der Waals surface area contributed by atoms with Crippen molar-refractivity contribution < 1.29 is 9.13 Å². The van der Waals surface area contributed by atoms with Gasteiger partial charge in [-0.2, -0.15) is 0 Å². The summed E-state index contributed by atoms with van der Waals surface area (Å²) in [6, 6.07) is 15.0. The molecule has 22 heavy (non-hydrogen) atoms. The molecule has 1 aliphatic heterocycles. The van der Waals surface area contributed by atoms with Gasteiger partial charge in [-0.05, 0) is 30.7 Å². The monoisotopic (exact) mass is 300 g/mol. The second-order valence-electron chi connectivity index (χ2n) is 5.48. The maximum absolute atomic E-state index is 14.4. The molecule has 0 saturated carbocycles. The van der Waals surface area contributed by atoms with Gasteiger partial charge in [0.15, 0.2) is 0 Å². The van der Waals surface area contributed by atoms with Gasteiger partial charge in [0.25, 0.3) is 0 Å². The molecule has 0 atom stereocenters. The largest absolute Gasteiger partial charge is 0.489 e. The maximum atomic E-state index is 14.4. The first-order valence-corrected chi connectivity index (χ1v) is 7.75. The van der Waals surface area contributed by atoms with Crippen LogP contribution in [0.2, 0.25) is 0 Å². The number of nitrogens with zero attached hydrogens (tertiary/aromatic N) is 1. The zero-order chi connectivity index (χ0) is 15.2. The first-order valence-electron chi connectivity index (χ1n) is 7.75. The Morgan fingerprint density at radius 2 is 1.91 bits per heavy atom. The Morgan fingerprint density at radius 3 is 2.73 bits per heavy atom. The SMILES string of the molecule is Fc1cc(OCc2ccccc2)ccc1N1CCCNCC1. The third-order valence-electron chi connectivity index (χ3n) is 3.85. The second kappa shape index (κ2) is 7.27. The fourth-order valence-electron chi connectivity index (χ4n) is 2.66. The molecule has 1 fully saturated rings. The molecule has 1 aliphatic rings. The minimum absolute atomic E-state index is 0.215. The van der Waals surface area contributed by atoms with Crippen molar-refractivity contribution in [2.45, 2.75) is 13.0 Å². The van der Waals surface area contributed by atoms with E-state index in [1.165, 1.54) is 6.07 Å². The van der Waals surface area contributed by atoms with Crippen molar-refractivity contribution in [3.05, 3.63) is 59.9 Å². The van der Waals surface area contributed by atoms with E-state index in [1.54, 1.807) is 0 Å². The molecular weight excluding hydrogens is 279 g/mol. The Balaban J connectivity index is 1.66. The summed E-state index contributed by atoms with van der Waals surface area (Å²) in [4.78, 5) is 2.09. The zero-order valence-electron chi connectivity index (χ0n) is 12.6. The fourth-order valence-corrected chi connectivity index (χ4v) is 2.66. The van der Waals surface area contributed by atoms with Crippen molar-refractivity contribution in [1.82, 2.24) is 5.32 Å². The van der Waals surface area contributed by atoms with Gasteiger partial charge in [0.2, 0.25) is 0 Å². The smallest absolute Gasteiger partial charge is 0.150 e. The summed E-state index contributed by atoms with van der Waals surface area (Å²) in [5.74, 6) is 0.352. The van der Waals surface area contributed by atoms with Gasteiger partial charge in [-0.3, -0.25) is 0 Å². The van der Waals surface area contributed by atoms with E-state index in [0.29, 0.717) is 18.0 Å². The normalized spacial score (nSPS) is 15.4. The molecule has 1 saturated heterocycles. The summed E-state index contributed by atoms with van der Waals surface area (Å²) >= 11 is 0. The molecule has 0 bridgehead atoms. The van der Waals surface area contributed by atoms with E-state index in [2.05, 4.69) is 10.2 Å². The van der Waals surface area contributed by atoms with Gasteiger partial charge in [0, 0.05) is 25.7 Å². The summed E-state index contributed by atoms with van der Waals surface area (Å²) in [7, 11) is 0. The molecule has 0 aliphatic carbocycles. The lowest BCUT2D eigenvalue weighted by atomic mass is 10.2. The van der Waals surface area contributed by atoms with Gasteiger partial charge in [-0.1, -0.05) is 30.3 Å². The highest BCUT2D eigenvalue weighted by Gasteiger charge is 2.14. The Kier molecular flexibility index (Phi) is 4.91. The predicted molar refractivity (Wildman–Crippen MR) is 86.9 cm³/mol. The van der Waals surface area contributed by atoms with Crippen LogP contribution in [0, 0.1) is 5.82 Å². The zero-order valence-corrected chi connectivity index (χ0v) is 12.6. The van der Waals surface area contributed by atoms with E-state index in [4.69, 9.17) is 4.74 Å². The van der Waals surface area contributed by atoms with E-state index in [0.717, 1.165) is 38.2 Å². The molecule has 0 spiro atoms. The van der Waals surface area contributed by atoms with Crippen molar-refractivity contribution in [1.29, 1.82) is 0 Å². The highest BCUT2D eigenvalue weighted by atomic mass is 19.1. The number of rotatable bonds is 4. The number of hydrogen-bond acceptors (Lipinski definition) is 3. The lowest BCUT2D eigenvalue weighted by molar-refractivity contribution is 0.304. The van der Waals surface area contributed by atoms with Crippen LogP contribution >= 0.6 is 0 Å². The fraction of sp³-hybridized carbons (Fsp3) is 0.333. The van der Waals surface area contributed by atoms with Gasteiger partial charge in [-0.15, -0.1) is 0 Å². The van der Waals surface area contributed by atoms with Gasteiger partial charge in [-0.25, -0.2) is 4.39 Å². The van der Waals surface area contributed by atoms with Crippen molar-refractivity contribution in [2.24, 2.45) is 0 Å². The van der Waals surface area contributed by atoms with Crippen molar-refractivity contribution in [3.63, 3.8) is 0 Å². The first-order chi connectivity index (χ1) is 10.8. The summed E-state index contributed by atoms with van der Waals surface area (Å²) in [6.07, 6.45) is 1.03. The molecule has 4 heteroatoms. The van der Waals surface area contributed by atoms with E-state index >= 15 is 0 Å². The molecule has 0 radical (unpaired) electrons. The van der Waals surface area contributed by atoms with Gasteiger partial charge in [0.05, 0.1) is 5.69 Å². The molecule has 1 N–H and O–H groups in total. The van der Waals surface area contributed by atoms with Crippen LogP contribution in [0.5, 0.6) is 5.75 Å². The summed E-state index contributed by atoms with van der Waals surface area (Å²) in [5.41, 5.74) is 1.74. The lowest BCUT2D eigenvalue weighted by Gasteiger charge is -2.23. The first kappa shape index (κ1) is 14.9. The summed E-state index contributed by atoms with van der Waals surface area (Å²) in [5, 5.41) is 3.33. The minimum atomic E-state index is -0.215. The average molecular weight is 300 g/mol. The predicted octanol–water partition coefficient (Wildman–Crippen LogP) is 3.20. The van der Waals surface area contributed by atoms with Crippen molar-refractivity contribution in [3.8, 4) is 5.75 Å². The van der Waals surface area contributed by atoms with E-state index < -0.39 is 0 Å². The number of nitrogens with one attached hydrogen (secondary N) is 1.